The molecular weight excluding hydrogens is 473 g/mol. The summed E-state index contributed by atoms with van der Waals surface area (Å²) in [6.45, 7) is 0. The van der Waals surface area contributed by atoms with Crippen molar-refractivity contribution in [2.45, 2.75) is 35.9 Å². The van der Waals surface area contributed by atoms with Crippen molar-refractivity contribution in [3.05, 3.63) is 46.0 Å². The minimum atomic E-state index is -4.78. The Morgan fingerprint density at radius 3 is 2.37 bits per heavy atom. The minimum Gasteiger partial charge on any atom is -0.344 e. The second-order valence-corrected chi connectivity index (χ2v) is 9.32. The molecule has 0 spiro atoms. The van der Waals surface area contributed by atoms with Gasteiger partial charge in [0.15, 0.2) is 0 Å². The maximum atomic E-state index is 13.4. The maximum Gasteiger partial charge on any atom is 0.407 e. The molecule has 1 aromatic heterocycles. The van der Waals surface area contributed by atoms with Gasteiger partial charge in [-0.05, 0) is 37.5 Å². The van der Waals surface area contributed by atoms with E-state index in [1.165, 1.54) is 13.1 Å². The molecule has 0 unspecified atom stereocenters. The zero-order chi connectivity index (χ0) is 22.5. The van der Waals surface area contributed by atoms with E-state index in [9.17, 15) is 30.8 Å². The fourth-order valence-electron chi connectivity index (χ4n) is 3.07. The van der Waals surface area contributed by atoms with Gasteiger partial charge in [-0.15, -0.1) is 0 Å². The molecule has 1 fully saturated rings. The quantitative estimate of drug-likeness (QED) is 0.609. The van der Waals surface area contributed by atoms with Gasteiger partial charge in [-0.2, -0.15) is 17.9 Å². The lowest BCUT2D eigenvalue weighted by Crippen LogP contribution is -2.62. The van der Waals surface area contributed by atoms with E-state index < -0.39 is 56.2 Å². The van der Waals surface area contributed by atoms with Gasteiger partial charge in [-0.25, -0.2) is 12.8 Å². The lowest BCUT2D eigenvalue weighted by Gasteiger charge is -2.43. The van der Waals surface area contributed by atoms with E-state index in [4.69, 9.17) is 23.2 Å². The molecule has 0 bridgehead atoms. The highest BCUT2D eigenvalue weighted by molar-refractivity contribution is 7.89. The first-order valence-corrected chi connectivity index (χ1v) is 10.7. The first-order chi connectivity index (χ1) is 13.8. The number of hydrogen-bond acceptors (Lipinski definition) is 3. The minimum absolute atomic E-state index is 0.108. The van der Waals surface area contributed by atoms with Crippen molar-refractivity contribution in [3.63, 3.8) is 0 Å². The Morgan fingerprint density at radius 1 is 1.23 bits per heavy atom. The number of halogens is 6. The first-order valence-electron chi connectivity index (χ1n) is 8.49. The van der Waals surface area contributed by atoms with Crippen molar-refractivity contribution in [1.82, 2.24) is 9.29 Å². The molecule has 1 saturated carbocycles. The third-order valence-corrected chi connectivity index (χ3v) is 7.18. The average Bonchev–Trinajstić information content (AvgIpc) is 2.89. The van der Waals surface area contributed by atoms with Crippen LogP contribution in [0.1, 0.15) is 29.8 Å². The molecule has 2 N–H and O–H groups in total. The Morgan fingerprint density at radius 2 is 1.87 bits per heavy atom. The fraction of sp³-hybridized carbons (Fsp3) is 0.353. The molecule has 0 aliphatic heterocycles. The normalized spacial score (nSPS) is 16.2. The monoisotopic (exact) mass is 487 g/mol. The lowest BCUT2D eigenvalue weighted by molar-refractivity contribution is -0.212. The van der Waals surface area contributed by atoms with Gasteiger partial charge in [-0.1, -0.05) is 23.2 Å². The van der Waals surface area contributed by atoms with Gasteiger partial charge in [0.05, 0.1) is 10.0 Å². The number of nitrogens with one attached hydrogen (secondary N) is 2. The number of amides is 1. The fourth-order valence-corrected chi connectivity index (χ4v) is 5.39. The van der Waals surface area contributed by atoms with Crippen LogP contribution in [0.4, 0.5) is 23.2 Å². The molecular formula is C17H15Cl2F4N3O3S. The largest absolute Gasteiger partial charge is 0.407 e. The summed E-state index contributed by atoms with van der Waals surface area (Å²) in [6.07, 6.45) is -4.39. The van der Waals surface area contributed by atoms with Gasteiger partial charge in [0, 0.05) is 18.9 Å². The summed E-state index contributed by atoms with van der Waals surface area (Å²) in [5.74, 6) is -1.57. The summed E-state index contributed by atoms with van der Waals surface area (Å²) >= 11 is 11.7. The topological polar surface area (TPSA) is 80.2 Å². The van der Waals surface area contributed by atoms with E-state index in [2.05, 4.69) is 5.32 Å². The predicted molar refractivity (Wildman–Crippen MR) is 103 cm³/mol. The molecule has 30 heavy (non-hydrogen) atoms. The molecule has 6 nitrogen and oxygen atoms in total. The van der Waals surface area contributed by atoms with Crippen molar-refractivity contribution >= 4 is 44.8 Å². The zero-order valence-corrected chi connectivity index (χ0v) is 17.6. The van der Waals surface area contributed by atoms with Crippen LogP contribution in [0.2, 0.25) is 10.0 Å². The van der Waals surface area contributed by atoms with Crippen LogP contribution >= 0.6 is 23.2 Å². The zero-order valence-electron chi connectivity index (χ0n) is 15.3. The van der Waals surface area contributed by atoms with Crippen molar-refractivity contribution < 1.29 is 30.8 Å². The van der Waals surface area contributed by atoms with E-state index in [0.29, 0.717) is 0 Å². The lowest BCUT2D eigenvalue weighted by atomic mass is 9.77. The number of rotatable bonds is 5. The van der Waals surface area contributed by atoms with Crippen LogP contribution in [-0.2, 0) is 17.1 Å². The standard InChI is InChI=1S/C17H15Cl2F4N3O3S/c1-26-8-12(30(28,29)25-16(5-2-6-16)17(21,22)23)13(19)14(26)15(27)24-9-3-4-11(20)10(18)7-9/h3-4,7-8,25H,2,5-6H2,1H3,(H,24,27). The molecule has 0 saturated heterocycles. The van der Waals surface area contributed by atoms with E-state index in [1.54, 1.807) is 4.72 Å². The van der Waals surface area contributed by atoms with Gasteiger partial charge in [0.2, 0.25) is 10.0 Å². The van der Waals surface area contributed by atoms with Gasteiger partial charge < -0.3 is 9.88 Å². The van der Waals surface area contributed by atoms with Crippen molar-refractivity contribution in [3.8, 4) is 0 Å². The smallest absolute Gasteiger partial charge is 0.344 e. The van der Waals surface area contributed by atoms with Gasteiger partial charge in [-0.3, -0.25) is 4.79 Å². The summed E-state index contributed by atoms with van der Waals surface area (Å²) in [6, 6.07) is 3.37. The molecule has 3 rings (SSSR count). The van der Waals surface area contributed by atoms with Crippen LogP contribution in [0.5, 0.6) is 0 Å². The molecule has 1 heterocycles. The molecule has 1 aromatic carbocycles. The number of carbonyl (C=O) groups excluding carboxylic acids is 1. The van der Waals surface area contributed by atoms with E-state index in [-0.39, 0.29) is 22.8 Å². The Kier molecular flexibility index (Phi) is 5.87. The Hall–Kier alpha value is -1.82. The first kappa shape index (κ1) is 22.9. The molecule has 2 aromatic rings. The average molecular weight is 488 g/mol. The second-order valence-electron chi connectivity index (χ2n) is 6.89. The van der Waals surface area contributed by atoms with Crippen molar-refractivity contribution in [2.24, 2.45) is 7.05 Å². The number of sulfonamides is 1. The maximum absolute atomic E-state index is 13.4. The number of alkyl halides is 3. The highest BCUT2D eigenvalue weighted by atomic mass is 35.5. The Bertz CT molecular complexity index is 1110. The van der Waals surface area contributed by atoms with Crippen LogP contribution in [0.3, 0.4) is 0 Å². The van der Waals surface area contributed by atoms with Crippen LogP contribution in [0.15, 0.2) is 29.3 Å². The summed E-state index contributed by atoms with van der Waals surface area (Å²) in [5.41, 5.74) is -2.76. The number of carbonyl (C=O) groups is 1. The highest BCUT2D eigenvalue weighted by Crippen LogP contribution is 2.46. The summed E-state index contributed by atoms with van der Waals surface area (Å²) in [7, 11) is -3.38. The van der Waals surface area contributed by atoms with E-state index >= 15 is 0 Å². The Labute approximate surface area is 179 Å². The summed E-state index contributed by atoms with van der Waals surface area (Å²) in [4.78, 5) is 11.9. The summed E-state index contributed by atoms with van der Waals surface area (Å²) in [5, 5.41) is 1.57. The SMILES string of the molecule is Cn1cc(S(=O)(=O)NC2(C(F)(F)F)CCC2)c(Cl)c1C(=O)Nc1ccc(F)c(Cl)c1. The summed E-state index contributed by atoms with van der Waals surface area (Å²) < 4.78 is 81.4. The van der Waals surface area contributed by atoms with E-state index in [0.717, 1.165) is 22.9 Å². The second kappa shape index (κ2) is 7.70. The molecule has 13 heteroatoms. The molecule has 0 atom stereocenters. The van der Waals surface area contributed by atoms with Crippen LogP contribution in [0.25, 0.3) is 0 Å². The van der Waals surface area contributed by atoms with Gasteiger partial charge in [0.25, 0.3) is 5.91 Å². The number of aryl methyl sites for hydroxylation is 1. The molecule has 1 amide bonds. The number of nitrogens with zero attached hydrogens (tertiary/aromatic N) is 1. The molecule has 0 radical (unpaired) electrons. The third-order valence-electron chi connectivity index (χ3n) is 4.85. The molecule has 164 valence electrons. The van der Waals surface area contributed by atoms with Crippen LogP contribution in [-0.4, -0.2) is 30.6 Å². The third kappa shape index (κ3) is 4.03. The van der Waals surface area contributed by atoms with Crippen molar-refractivity contribution in [1.29, 1.82) is 0 Å². The van der Waals surface area contributed by atoms with Gasteiger partial charge in [0.1, 0.15) is 21.9 Å². The molecule has 1 aliphatic carbocycles. The van der Waals surface area contributed by atoms with Crippen LogP contribution < -0.4 is 10.0 Å². The van der Waals surface area contributed by atoms with Crippen LogP contribution in [0, 0.1) is 5.82 Å². The number of benzene rings is 1. The number of hydrogen-bond donors (Lipinski definition) is 2. The van der Waals surface area contributed by atoms with Gasteiger partial charge >= 0.3 is 6.18 Å². The van der Waals surface area contributed by atoms with E-state index in [1.807, 2.05) is 0 Å². The number of aromatic nitrogens is 1. The van der Waals surface area contributed by atoms with Crippen molar-refractivity contribution in [2.75, 3.05) is 5.32 Å². The highest BCUT2D eigenvalue weighted by Gasteiger charge is 2.60. The molecule has 1 aliphatic rings. The predicted octanol–water partition coefficient (Wildman–Crippen LogP) is 4.49. The number of anilines is 1. The Balaban J connectivity index is 1.91.